The van der Waals surface area contributed by atoms with E-state index in [1.54, 1.807) is 13.2 Å². The third kappa shape index (κ3) is 3.42. The van der Waals surface area contributed by atoms with Crippen LogP contribution in [-0.4, -0.2) is 12.2 Å². The molecule has 20 heavy (non-hydrogen) atoms. The Morgan fingerprint density at radius 2 is 1.95 bits per heavy atom. The molecule has 0 heterocycles. The molecule has 0 bridgehead atoms. The minimum absolute atomic E-state index is 0.206. The summed E-state index contributed by atoms with van der Waals surface area (Å²) in [7, 11) is 1.56. The van der Waals surface area contributed by atoms with E-state index in [1.807, 2.05) is 36.4 Å². The molecule has 0 unspecified atom stereocenters. The molecular formula is C16H16N2O2. The van der Waals surface area contributed by atoms with Gasteiger partial charge in [-0.05, 0) is 29.8 Å². The van der Waals surface area contributed by atoms with Gasteiger partial charge in [-0.25, -0.2) is 0 Å². The number of hydrogen-bond donors (Lipinski definition) is 2. The summed E-state index contributed by atoms with van der Waals surface area (Å²) in [6.07, 6.45) is 0.416. The summed E-state index contributed by atoms with van der Waals surface area (Å²) >= 11 is 0. The molecule has 4 nitrogen and oxygen atoms in total. The first kappa shape index (κ1) is 13.8. The van der Waals surface area contributed by atoms with E-state index in [1.165, 1.54) is 0 Å². The maximum Gasteiger partial charge on any atom is 0.124 e. The van der Waals surface area contributed by atoms with E-state index in [-0.39, 0.29) is 5.75 Å². The zero-order chi connectivity index (χ0) is 14.4. The number of phenols is 1. The minimum atomic E-state index is 0.206. The SMILES string of the molecule is COc1ccc(CNc2ccc(CC#N)cc2)c(O)c1. The van der Waals surface area contributed by atoms with E-state index < -0.39 is 0 Å². The van der Waals surface area contributed by atoms with Gasteiger partial charge in [0.2, 0.25) is 0 Å². The lowest BCUT2D eigenvalue weighted by Crippen LogP contribution is -2.00. The minimum Gasteiger partial charge on any atom is -0.507 e. The van der Waals surface area contributed by atoms with Crippen LogP contribution in [0.2, 0.25) is 0 Å². The topological polar surface area (TPSA) is 65.3 Å². The van der Waals surface area contributed by atoms with Gasteiger partial charge >= 0.3 is 0 Å². The molecule has 0 radical (unpaired) electrons. The number of benzene rings is 2. The fourth-order valence-electron chi connectivity index (χ4n) is 1.85. The lowest BCUT2D eigenvalue weighted by molar-refractivity contribution is 0.406. The Morgan fingerprint density at radius 3 is 2.55 bits per heavy atom. The van der Waals surface area contributed by atoms with E-state index >= 15 is 0 Å². The molecule has 2 aromatic rings. The highest BCUT2D eigenvalue weighted by Gasteiger charge is 2.03. The van der Waals surface area contributed by atoms with Gasteiger partial charge < -0.3 is 15.2 Å². The normalized spacial score (nSPS) is 9.80. The second-order valence-electron chi connectivity index (χ2n) is 4.38. The van der Waals surface area contributed by atoms with Crippen LogP contribution in [0.3, 0.4) is 0 Å². The molecule has 0 aromatic heterocycles. The Labute approximate surface area is 118 Å². The van der Waals surface area contributed by atoms with Crippen LogP contribution in [0.5, 0.6) is 11.5 Å². The lowest BCUT2D eigenvalue weighted by Gasteiger charge is -2.09. The number of rotatable bonds is 5. The van der Waals surface area contributed by atoms with Crippen molar-refractivity contribution in [1.82, 2.24) is 0 Å². The number of hydrogen-bond acceptors (Lipinski definition) is 4. The summed E-state index contributed by atoms with van der Waals surface area (Å²) < 4.78 is 5.04. The van der Waals surface area contributed by atoms with Gasteiger partial charge in [-0.15, -0.1) is 0 Å². The molecule has 0 aliphatic carbocycles. The van der Waals surface area contributed by atoms with E-state index in [4.69, 9.17) is 10.00 Å². The van der Waals surface area contributed by atoms with Crippen molar-refractivity contribution < 1.29 is 9.84 Å². The van der Waals surface area contributed by atoms with Crippen LogP contribution in [-0.2, 0) is 13.0 Å². The van der Waals surface area contributed by atoms with Crippen molar-refractivity contribution in [3.05, 3.63) is 53.6 Å². The van der Waals surface area contributed by atoms with E-state index in [2.05, 4.69) is 11.4 Å². The van der Waals surface area contributed by atoms with Gasteiger partial charge in [0, 0.05) is 23.9 Å². The number of ether oxygens (including phenoxy) is 1. The number of nitrogens with one attached hydrogen (secondary N) is 1. The quantitative estimate of drug-likeness (QED) is 0.874. The van der Waals surface area contributed by atoms with Gasteiger partial charge in [-0.3, -0.25) is 0 Å². The van der Waals surface area contributed by atoms with Crippen LogP contribution in [0.15, 0.2) is 42.5 Å². The number of nitriles is 1. The summed E-state index contributed by atoms with van der Waals surface area (Å²) in [6.45, 7) is 0.521. The Hall–Kier alpha value is -2.67. The molecular weight excluding hydrogens is 252 g/mol. The predicted molar refractivity (Wildman–Crippen MR) is 77.7 cm³/mol. The molecule has 0 spiro atoms. The third-order valence-electron chi connectivity index (χ3n) is 3.01. The Balaban J connectivity index is 2.00. The number of phenolic OH excluding ortho intramolecular Hbond substituents is 1. The summed E-state index contributed by atoms with van der Waals surface area (Å²) in [4.78, 5) is 0. The average Bonchev–Trinajstić information content (AvgIpc) is 2.48. The van der Waals surface area contributed by atoms with Crippen molar-refractivity contribution >= 4 is 5.69 Å². The van der Waals surface area contributed by atoms with Gasteiger partial charge in [0.25, 0.3) is 0 Å². The summed E-state index contributed by atoms with van der Waals surface area (Å²) in [6, 6.07) is 15.0. The maximum absolute atomic E-state index is 9.86. The molecule has 0 aliphatic rings. The third-order valence-corrected chi connectivity index (χ3v) is 3.01. The summed E-state index contributed by atoms with van der Waals surface area (Å²) in [5.41, 5.74) is 2.74. The van der Waals surface area contributed by atoms with Crippen molar-refractivity contribution in [3.63, 3.8) is 0 Å². The molecule has 2 rings (SSSR count). The van der Waals surface area contributed by atoms with E-state index in [9.17, 15) is 5.11 Å². The first-order valence-electron chi connectivity index (χ1n) is 6.28. The molecule has 0 saturated carbocycles. The zero-order valence-corrected chi connectivity index (χ0v) is 11.3. The number of methoxy groups -OCH3 is 1. The molecule has 102 valence electrons. The van der Waals surface area contributed by atoms with E-state index in [0.717, 1.165) is 16.8 Å². The second kappa shape index (κ2) is 6.48. The molecule has 0 amide bonds. The van der Waals surface area contributed by atoms with Crippen molar-refractivity contribution in [2.24, 2.45) is 0 Å². The molecule has 0 fully saturated rings. The Morgan fingerprint density at radius 1 is 1.20 bits per heavy atom. The van der Waals surface area contributed by atoms with Crippen molar-refractivity contribution in [2.75, 3.05) is 12.4 Å². The Kier molecular flexibility index (Phi) is 4.46. The molecule has 0 saturated heterocycles. The summed E-state index contributed by atoms with van der Waals surface area (Å²) in [5.74, 6) is 0.838. The molecule has 2 aromatic carbocycles. The van der Waals surface area contributed by atoms with Gasteiger partial charge in [-0.2, -0.15) is 5.26 Å². The van der Waals surface area contributed by atoms with Crippen molar-refractivity contribution in [3.8, 4) is 17.6 Å². The molecule has 2 N–H and O–H groups in total. The van der Waals surface area contributed by atoms with Crippen LogP contribution < -0.4 is 10.1 Å². The highest BCUT2D eigenvalue weighted by atomic mass is 16.5. The van der Waals surface area contributed by atoms with E-state index in [0.29, 0.717) is 18.7 Å². The maximum atomic E-state index is 9.86. The Bertz CT molecular complexity index is 615. The lowest BCUT2D eigenvalue weighted by atomic mass is 10.1. The zero-order valence-electron chi connectivity index (χ0n) is 11.3. The smallest absolute Gasteiger partial charge is 0.124 e. The number of aromatic hydroxyl groups is 1. The van der Waals surface area contributed by atoms with Crippen LogP contribution in [0.1, 0.15) is 11.1 Å². The van der Waals surface area contributed by atoms with Crippen molar-refractivity contribution in [1.29, 1.82) is 5.26 Å². The first-order chi connectivity index (χ1) is 9.72. The summed E-state index contributed by atoms with van der Waals surface area (Å²) in [5, 5.41) is 21.7. The predicted octanol–water partition coefficient (Wildman–Crippen LogP) is 3.08. The number of anilines is 1. The van der Waals surface area contributed by atoms with Gasteiger partial charge in [0.05, 0.1) is 19.6 Å². The van der Waals surface area contributed by atoms with Crippen LogP contribution in [0.25, 0.3) is 0 Å². The monoisotopic (exact) mass is 268 g/mol. The fraction of sp³-hybridized carbons (Fsp3) is 0.188. The standard InChI is InChI=1S/C16H16N2O2/c1-20-15-7-4-13(16(19)10-15)11-18-14-5-2-12(3-6-14)8-9-17/h2-7,10,18-19H,8,11H2,1H3. The van der Waals surface area contributed by atoms with Crippen molar-refractivity contribution in [2.45, 2.75) is 13.0 Å². The molecule has 4 heteroatoms. The number of nitrogens with zero attached hydrogens (tertiary/aromatic N) is 1. The fourth-order valence-corrected chi connectivity index (χ4v) is 1.85. The molecule has 0 atom stereocenters. The van der Waals surface area contributed by atoms with Crippen LogP contribution >= 0.6 is 0 Å². The molecule has 0 aliphatic heterocycles. The highest BCUT2D eigenvalue weighted by molar-refractivity contribution is 5.47. The highest BCUT2D eigenvalue weighted by Crippen LogP contribution is 2.24. The van der Waals surface area contributed by atoms with Crippen LogP contribution in [0, 0.1) is 11.3 Å². The largest absolute Gasteiger partial charge is 0.507 e. The average molecular weight is 268 g/mol. The van der Waals surface area contributed by atoms with Gasteiger partial charge in [0.1, 0.15) is 11.5 Å². The van der Waals surface area contributed by atoms with Crippen LogP contribution in [0.4, 0.5) is 5.69 Å². The first-order valence-corrected chi connectivity index (χ1v) is 6.28. The van der Waals surface area contributed by atoms with Gasteiger partial charge in [-0.1, -0.05) is 12.1 Å². The second-order valence-corrected chi connectivity index (χ2v) is 4.38. The van der Waals surface area contributed by atoms with Gasteiger partial charge in [0.15, 0.2) is 0 Å².